The van der Waals surface area contributed by atoms with E-state index in [-0.39, 0.29) is 6.04 Å². The number of carbonyl (C=O) groups excluding carboxylic acids is 1. The monoisotopic (exact) mass is 251 g/mol. The Kier molecular flexibility index (Phi) is 3.32. The molecule has 4 heteroatoms. The Morgan fingerprint density at radius 3 is 2.89 bits per heavy atom. The molecule has 1 N–H and O–H groups in total. The van der Waals surface area contributed by atoms with Crippen LogP contribution in [0.3, 0.4) is 0 Å². The van der Waals surface area contributed by atoms with Gasteiger partial charge in [-0.15, -0.1) is 0 Å². The van der Waals surface area contributed by atoms with Crippen LogP contribution in [0.4, 0.5) is 0 Å². The zero-order chi connectivity index (χ0) is 12.7. The van der Waals surface area contributed by atoms with Crippen molar-refractivity contribution in [3.05, 3.63) is 0 Å². The van der Waals surface area contributed by atoms with Gasteiger partial charge in [0.15, 0.2) is 0 Å². The first-order chi connectivity index (χ1) is 8.66. The molecule has 4 atom stereocenters. The van der Waals surface area contributed by atoms with Crippen LogP contribution in [-0.2, 0) is 4.79 Å². The SMILES string of the molecule is CC1CN(C(=O)C2NCC3CCCC32)CCN1C. The molecule has 3 fully saturated rings. The van der Waals surface area contributed by atoms with Gasteiger partial charge < -0.3 is 15.1 Å². The van der Waals surface area contributed by atoms with Crippen molar-refractivity contribution in [2.24, 2.45) is 11.8 Å². The second-order valence-corrected chi connectivity index (χ2v) is 6.35. The Morgan fingerprint density at radius 1 is 1.28 bits per heavy atom. The van der Waals surface area contributed by atoms with Crippen molar-refractivity contribution < 1.29 is 4.79 Å². The Balaban J connectivity index is 1.64. The lowest BCUT2D eigenvalue weighted by atomic mass is 9.93. The maximum absolute atomic E-state index is 12.6. The van der Waals surface area contributed by atoms with Gasteiger partial charge in [-0.1, -0.05) is 6.42 Å². The van der Waals surface area contributed by atoms with Crippen molar-refractivity contribution in [2.75, 3.05) is 33.2 Å². The second-order valence-electron chi connectivity index (χ2n) is 6.35. The van der Waals surface area contributed by atoms with Gasteiger partial charge in [-0.3, -0.25) is 4.79 Å². The minimum Gasteiger partial charge on any atom is -0.338 e. The summed E-state index contributed by atoms with van der Waals surface area (Å²) in [7, 11) is 2.15. The Morgan fingerprint density at radius 2 is 2.11 bits per heavy atom. The van der Waals surface area contributed by atoms with Gasteiger partial charge in [-0.05, 0) is 45.2 Å². The lowest BCUT2D eigenvalue weighted by Gasteiger charge is -2.39. The molecule has 2 aliphatic heterocycles. The molecule has 1 amide bonds. The van der Waals surface area contributed by atoms with Crippen molar-refractivity contribution in [2.45, 2.75) is 38.3 Å². The fourth-order valence-electron chi connectivity index (χ4n) is 3.90. The molecule has 18 heavy (non-hydrogen) atoms. The highest BCUT2D eigenvalue weighted by molar-refractivity contribution is 5.83. The minimum atomic E-state index is 0.119. The average molecular weight is 251 g/mol. The van der Waals surface area contributed by atoms with E-state index in [2.05, 4.69) is 29.1 Å². The number of amides is 1. The summed E-state index contributed by atoms with van der Waals surface area (Å²) in [6.07, 6.45) is 3.89. The molecule has 0 aromatic carbocycles. The Bertz CT molecular complexity index is 333. The van der Waals surface area contributed by atoms with Gasteiger partial charge in [0.1, 0.15) is 0 Å². The zero-order valence-corrected chi connectivity index (χ0v) is 11.6. The predicted octanol–water partition coefficient (Wildman–Crippen LogP) is 0.537. The molecule has 0 spiro atoms. The normalized spacial score (nSPS) is 41.1. The summed E-state index contributed by atoms with van der Waals surface area (Å²) >= 11 is 0. The molecule has 0 aromatic rings. The summed E-state index contributed by atoms with van der Waals surface area (Å²) in [5.41, 5.74) is 0. The third-order valence-electron chi connectivity index (χ3n) is 5.28. The van der Waals surface area contributed by atoms with Crippen LogP contribution < -0.4 is 5.32 Å². The summed E-state index contributed by atoms with van der Waals surface area (Å²) in [5.74, 6) is 1.75. The molecule has 0 aromatic heterocycles. The lowest BCUT2D eigenvalue weighted by molar-refractivity contribution is -0.136. The van der Waals surface area contributed by atoms with Gasteiger partial charge in [0.05, 0.1) is 6.04 Å². The van der Waals surface area contributed by atoms with Crippen molar-refractivity contribution in [3.63, 3.8) is 0 Å². The van der Waals surface area contributed by atoms with Crippen LogP contribution in [0.5, 0.6) is 0 Å². The first kappa shape index (κ1) is 12.4. The summed E-state index contributed by atoms with van der Waals surface area (Å²) in [6, 6.07) is 0.608. The molecule has 4 unspecified atom stereocenters. The van der Waals surface area contributed by atoms with Gasteiger partial charge in [0.25, 0.3) is 0 Å². The summed E-state index contributed by atoms with van der Waals surface area (Å²) in [6.45, 7) is 6.07. The van der Waals surface area contributed by atoms with Crippen molar-refractivity contribution in [3.8, 4) is 0 Å². The number of nitrogens with zero attached hydrogens (tertiary/aromatic N) is 2. The van der Waals surface area contributed by atoms with E-state index >= 15 is 0 Å². The second kappa shape index (κ2) is 4.82. The summed E-state index contributed by atoms with van der Waals surface area (Å²) in [5, 5.41) is 3.48. The number of fused-ring (bicyclic) bond motifs is 1. The summed E-state index contributed by atoms with van der Waals surface area (Å²) < 4.78 is 0. The molecule has 2 heterocycles. The molecule has 1 aliphatic carbocycles. The fourth-order valence-corrected chi connectivity index (χ4v) is 3.90. The maximum atomic E-state index is 12.6. The zero-order valence-electron chi connectivity index (χ0n) is 11.6. The van der Waals surface area contributed by atoms with Crippen LogP contribution in [0, 0.1) is 11.8 Å². The predicted molar refractivity (Wildman–Crippen MR) is 71.3 cm³/mol. The largest absolute Gasteiger partial charge is 0.338 e. The van der Waals surface area contributed by atoms with Crippen LogP contribution in [0.25, 0.3) is 0 Å². The van der Waals surface area contributed by atoms with Gasteiger partial charge in [0, 0.05) is 25.7 Å². The van der Waals surface area contributed by atoms with Crippen LogP contribution in [0.15, 0.2) is 0 Å². The number of piperazine rings is 1. The van der Waals surface area contributed by atoms with E-state index in [0.717, 1.165) is 32.1 Å². The number of carbonyl (C=O) groups is 1. The van der Waals surface area contributed by atoms with Crippen LogP contribution in [0.2, 0.25) is 0 Å². The molecule has 1 saturated carbocycles. The maximum Gasteiger partial charge on any atom is 0.240 e. The standard InChI is InChI=1S/C14H25N3O/c1-10-9-17(7-6-16(10)2)14(18)13-12-5-3-4-11(12)8-15-13/h10-13,15H,3-9H2,1-2H3. The first-order valence-electron chi connectivity index (χ1n) is 7.39. The average Bonchev–Trinajstić information content (AvgIpc) is 2.93. The highest BCUT2D eigenvalue weighted by atomic mass is 16.2. The number of likely N-dealkylation sites (N-methyl/N-ethyl adjacent to an activating group) is 1. The molecule has 0 bridgehead atoms. The van der Waals surface area contributed by atoms with E-state index in [9.17, 15) is 4.79 Å². The number of hydrogen-bond donors (Lipinski definition) is 1. The van der Waals surface area contributed by atoms with E-state index < -0.39 is 0 Å². The fraction of sp³-hybridized carbons (Fsp3) is 0.929. The van der Waals surface area contributed by atoms with Crippen molar-refractivity contribution in [1.29, 1.82) is 0 Å². The van der Waals surface area contributed by atoms with E-state index in [1.165, 1.54) is 19.3 Å². The van der Waals surface area contributed by atoms with E-state index in [0.29, 0.717) is 17.9 Å². The van der Waals surface area contributed by atoms with E-state index in [1.807, 2.05) is 0 Å². The molecule has 2 saturated heterocycles. The lowest BCUT2D eigenvalue weighted by Crippen LogP contribution is -2.56. The number of hydrogen-bond acceptors (Lipinski definition) is 3. The third-order valence-corrected chi connectivity index (χ3v) is 5.28. The molecule has 3 rings (SSSR count). The topological polar surface area (TPSA) is 35.6 Å². The molecule has 3 aliphatic rings. The number of nitrogens with one attached hydrogen (secondary N) is 1. The van der Waals surface area contributed by atoms with Gasteiger partial charge in [-0.25, -0.2) is 0 Å². The Labute approximate surface area is 110 Å². The highest BCUT2D eigenvalue weighted by Crippen LogP contribution is 2.38. The van der Waals surface area contributed by atoms with Gasteiger partial charge in [-0.2, -0.15) is 0 Å². The molecule has 102 valence electrons. The third kappa shape index (κ3) is 2.05. The van der Waals surface area contributed by atoms with Crippen molar-refractivity contribution in [1.82, 2.24) is 15.1 Å². The van der Waals surface area contributed by atoms with Crippen LogP contribution in [0.1, 0.15) is 26.2 Å². The van der Waals surface area contributed by atoms with E-state index in [1.54, 1.807) is 0 Å². The summed E-state index contributed by atoms with van der Waals surface area (Å²) in [4.78, 5) is 17.1. The van der Waals surface area contributed by atoms with Crippen LogP contribution >= 0.6 is 0 Å². The van der Waals surface area contributed by atoms with Gasteiger partial charge in [0.2, 0.25) is 5.91 Å². The smallest absolute Gasteiger partial charge is 0.240 e. The number of rotatable bonds is 1. The molecule has 0 radical (unpaired) electrons. The highest BCUT2D eigenvalue weighted by Gasteiger charge is 2.44. The van der Waals surface area contributed by atoms with E-state index in [4.69, 9.17) is 0 Å². The molecular formula is C14H25N3O. The minimum absolute atomic E-state index is 0.119. The Hall–Kier alpha value is -0.610. The van der Waals surface area contributed by atoms with Crippen molar-refractivity contribution >= 4 is 5.91 Å². The quantitative estimate of drug-likeness (QED) is 0.739. The van der Waals surface area contributed by atoms with Crippen LogP contribution in [-0.4, -0.2) is 61.0 Å². The molecule has 4 nitrogen and oxygen atoms in total. The first-order valence-corrected chi connectivity index (χ1v) is 7.39. The van der Waals surface area contributed by atoms with Gasteiger partial charge >= 0.3 is 0 Å². The molecular weight excluding hydrogens is 226 g/mol.